The Labute approximate surface area is 198 Å². The van der Waals surface area contributed by atoms with Crippen LogP contribution in [0.1, 0.15) is 81.6 Å². The molecule has 0 bridgehead atoms. The van der Waals surface area contributed by atoms with E-state index in [9.17, 15) is 25.0 Å². The third-order valence-corrected chi connectivity index (χ3v) is 8.53. The first-order chi connectivity index (χ1) is 15.1. The first-order valence-corrected chi connectivity index (χ1v) is 12.0. The highest BCUT2D eigenvalue weighted by Crippen LogP contribution is 2.45. The molecule has 8 nitrogen and oxygen atoms in total. The molecule has 1 fully saturated rings. The number of carbonyl (C=O) groups excluding carboxylic acids is 2. The molecule has 1 heterocycles. The lowest BCUT2D eigenvalue weighted by atomic mass is 9.61. The zero-order valence-corrected chi connectivity index (χ0v) is 22.0. The van der Waals surface area contributed by atoms with E-state index in [2.05, 4.69) is 5.16 Å². The number of cyclic esters (lactones) is 1. The second-order valence-electron chi connectivity index (χ2n) is 10.5. The lowest BCUT2D eigenvalue weighted by Crippen LogP contribution is -2.57. The van der Waals surface area contributed by atoms with Crippen LogP contribution >= 0.6 is 0 Å². The van der Waals surface area contributed by atoms with Crippen LogP contribution in [0.5, 0.6) is 0 Å². The van der Waals surface area contributed by atoms with Crippen molar-refractivity contribution in [2.45, 2.75) is 105 Å². The van der Waals surface area contributed by atoms with Crippen molar-refractivity contribution in [3.63, 3.8) is 0 Å². The largest absolute Gasteiger partial charge is 0.459 e. The molecule has 1 unspecified atom stereocenters. The van der Waals surface area contributed by atoms with Crippen LogP contribution in [-0.2, 0) is 19.1 Å². The number of carbonyl (C=O) groups is 2. The maximum atomic E-state index is 13.6. The summed E-state index contributed by atoms with van der Waals surface area (Å²) in [6.07, 6.45) is -1.31. The SMILES string of the molecule is CC[C@H]1OC(=O)[C@H](C)C(=O)C(C)(CC)[C@@H](C)[C@](C)(OC)C[C@@H](C)/C(=N\O)[C@H](C)[C@@H](O)[C@]1(C)O. The summed E-state index contributed by atoms with van der Waals surface area (Å²) >= 11 is 0. The Morgan fingerprint density at radius 1 is 1.12 bits per heavy atom. The van der Waals surface area contributed by atoms with Gasteiger partial charge in [0, 0.05) is 24.4 Å². The minimum atomic E-state index is -1.84. The predicted molar refractivity (Wildman–Crippen MR) is 126 cm³/mol. The molecule has 1 rings (SSSR count). The Hall–Kier alpha value is -1.51. The van der Waals surface area contributed by atoms with Gasteiger partial charge in [-0.2, -0.15) is 0 Å². The molecule has 0 aromatic rings. The highest BCUT2D eigenvalue weighted by molar-refractivity contribution is 6.01. The van der Waals surface area contributed by atoms with E-state index in [0.29, 0.717) is 18.6 Å². The number of methoxy groups -OCH3 is 1. The van der Waals surface area contributed by atoms with Crippen LogP contribution in [0.25, 0.3) is 0 Å². The molecule has 192 valence electrons. The maximum absolute atomic E-state index is 13.6. The number of hydrogen-bond acceptors (Lipinski definition) is 8. The molecule has 3 N–H and O–H groups in total. The molecule has 0 saturated carbocycles. The number of aliphatic hydroxyl groups excluding tert-OH is 1. The lowest BCUT2D eigenvalue weighted by molar-refractivity contribution is -0.188. The summed E-state index contributed by atoms with van der Waals surface area (Å²) in [6.45, 7) is 15.8. The summed E-state index contributed by atoms with van der Waals surface area (Å²) in [5, 5.41) is 35.6. The quantitative estimate of drug-likeness (QED) is 0.248. The van der Waals surface area contributed by atoms with Crippen molar-refractivity contribution in [3.05, 3.63) is 0 Å². The molecule has 1 aliphatic rings. The van der Waals surface area contributed by atoms with Crippen molar-refractivity contribution < 1.29 is 34.5 Å². The van der Waals surface area contributed by atoms with Crippen molar-refractivity contribution in [3.8, 4) is 0 Å². The van der Waals surface area contributed by atoms with Crippen LogP contribution in [0, 0.1) is 29.1 Å². The summed E-state index contributed by atoms with van der Waals surface area (Å²) in [5.74, 6) is -3.40. The third kappa shape index (κ3) is 5.43. The van der Waals surface area contributed by atoms with E-state index in [0.717, 1.165) is 0 Å². The predicted octanol–water partition coefficient (Wildman–Crippen LogP) is 3.59. The van der Waals surface area contributed by atoms with Gasteiger partial charge in [0.1, 0.15) is 17.6 Å². The smallest absolute Gasteiger partial charge is 0.316 e. The van der Waals surface area contributed by atoms with Gasteiger partial charge < -0.3 is 24.9 Å². The normalized spacial score (nSPS) is 45.5. The molecule has 0 spiro atoms. The van der Waals surface area contributed by atoms with Gasteiger partial charge in [0.05, 0.1) is 17.4 Å². The highest BCUT2D eigenvalue weighted by atomic mass is 16.6. The minimum Gasteiger partial charge on any atom is -0.459 e. The van der Waals surface area contributed by atoms with Gasteiger partial charge in [-0.05, 0) is 46.0 Å². The molecule has 0 amide bonds. The van der Waals surface area contributed by atoms with Gasteiger partial charge in [-0.3, -0.25) is 9.59 Å². The molecule has 0 radical (unpaired) electrons. The average molecular weight is 472 g/mol. The standard InChI is InChI=1S/C25H45NO7/c1-11-18-25(9,30)21(28)15(4)19(26-31)14(3)13-24(8,32-10)17(6)23(7,12-2)20(27)16(5)22(29)33-18/h14-18,21,28,30-31H,11-13H2,1-10H3/b26-19+/t14-,15+,16-,17-,18-,21-,23?,24-,25-/m1/s1. The monoisotopic (exact) mass is 471 g/mol. The topological polar surface area (TPSA) is 126 Å². The zero-order chi connectivity index (χ0) is 25.9. The summed E-state index contributed by atoms with van der Waals surface area (Å²) in [6, 6.07) is 0. The second-order valence-corrected chi connectivity index (χ2v) is 10.5. The molecule has 0 aliphatic carbocycles. The zero-order valence-electron chi connectivity index (χ0n) is 22.0. The minimum absolute atomic E-state index is 0.230. The van der Waals surface area contributed by atoms with E-state index in [-0.39, 0.29) is 24.0 Å². The van der Waals surface area contributed by atoms with Crippen molar-refractivity contribution in [1.29, 1.82) is 0 Å². The number of Topliss-reactive ketones (excluding diaryl/α,β-unsaturated/α-hetero) is 1. The molecule has 33 heavy (non-hydrogen) atoms. The molecule has 1 saturated heterocycles. The molecule has 9 atom stereocenters. The number of ether oxygens (including phenoxy) is 2. The van der Waals surface area contributed by atoms with Gasteiger partial charge in [0.25, 0.3) is 0 Å². The number of nitrogens with zero attached hydrogens (tertiary/aromatic N) is 1. The van der Waals surface area contributed by atoms with E-state index in [1.54, 1.807) is 21.0 Å². The van der Waals surface area contributed by atoms with E-state index in [1.807, 2.05) is 34.6 Å². The van der Waals surface area contributed by atoms with Crippen molar-refractivity contribution >= 4 is 17.5 Å². The summed E-state index contributed by atoms with van der Waals surface area (Å²) < 4.78 is 11.5. The van der Waals surface area contributed by atoms with Crippen LogP contribution in [0.2, 0.25) is 0 Å². The van der Waals surface area contributed by atoms with Crippen molar-refractivity contribution in [2.75, 3.05) is 7.11 Å². The van der Waals surface area contributed by atoms with Gasteiger partial charge >= 0.3 is 5.97 Å². The first-order valence-electron chi connectivity index (χ1n) is 12.0. The maximum Gasteiger partial charge on any atom is 0.316 e. The number of hydrogen-bond donors (Lipinski definition) is 3. The Morgan fingerprint density at radius 3 is 2.09 bits per heavy atom. The van der Waals surface area contributed by atoms with Crippen LogP contribution in [-0.4, -0.2) is 63.4 Å². The van der Waals surface area contributed by atoms with E-state index in [4.69, 9.17) is 9.47 Å². The molecule has 8 heteroatoms. The number of esters is 1. The van der Waals surface area contributed by atoms with Crippen LogP contribution in [0.15, 0.2) is 5.16 Å². The summed E-state index contributed by atoms with van der Waals surface area (Å²) in [7, 11) is 1.58. The number of aliphatic hydroxyl groups is 2. The van der Waals surface area contributed by atoms with Crippen LogP contribution in [0.3, 0.4) is 0 Å². The lowest BCUT2D eigenvalue weighted by Gasteiger charge is -2.47. The highest BCUT2D eigenvalue weighted by Gasteiger charge is 2.52. The number of oxime groups is 1. The fourth-order valence-corrected chi connectivity index (χ4v) is 5.47. The van der Waals surface area contributed by atoms with Gasteiger partial charge in [-0.25, -0.2) is 0 Å². The van der Waals surface area contributed by atoms with Gasteiger partial charge in [0.15, 0.2) is 5.78 Å². The van der Waals surface area contributed by atoms with E-state index >= 15 is 0 Å². The molecular weight excluding hydrogens is 426 g/mol. The van der Waals surface area contributed by atoms with Crippen molar-refractivity contribution in [2.24, 2.45) is 34.2 Å². The molecule has 0 aromatic heterocycles. The van der Waals surface area contributed by atoms with Crippen LogP contribution < -0.4 is 0 Å². The van der Waals surface area contributed by atoms with Crippen molar-refractivity contribution in [1.82, 2.24) is 0 Å². The van der Waals surface area contributed by atoms with Crippen LogP contribution in [0.4, 0.5) is 0 Å². The number of rotatable bonds is 3. The van der Waals surface area contributed by atoms with Gasteiger partial charge in [0.2, 0.25) is 0 Å². The summed E-state index contributed by atoms with van der Waals surface area (Å²) in [5.41, 5.74) is -3.23. The first kappa shape index (κ1) is 29.5. The third-order valence-electron chi connectivity index (χ3n) is 8.53. The Morgan fingerprint density at radius 2 is 1.67 bits per heavy atom. The van der Waals surface area contributed by atoms with Gasteiger partial charge in [-0.1, -0.05) is 46.7 Å². The molecule has 1 aliphatic heterocycles. The molecular formula is C25H45NO7. The van der Waals surface area contributed by atoms with E-state index < -0.39 is 46.6 Å². The average Bonchev–Trinajstić information content (AvgIpc) is 2.78. The fraction of sp³-hybridized carbons (Fsp3) is 0.880. The Balaban J connectivity index is 3.73. The van der Waals surface area contributed by atoms with E-state index in [1.165, 1.54) is 13.8 Å². The molecule has 0 aromatic carbocycles. The fourth-order valence-electron chi connectivity index (χ4n) is 5.47. The Kier molecular flexibility index (Phi) is 9.69. The second kappa shape index (κ2) is 10.8. The summed E-state index contributed by atoms with van der Waals surface area (Å²) in [4.78, 5) is 26.7. The Bertz CT molecular complexity index is 736. The van der Waals surface area contributed by atoms with Gasteiger partial charge in [-0.15, -0.1) is 0 Å². The number of ketones is 1.